The summed E-state index contributed by atoms with van der Waals surface area (Å²) in [7, 11) is 0. The summed E-state index contributed by atoms with van der Waals surface area (Å²) >= 11 is 1.23. The summed E-state index contributed by atoms with van der Waals surface area (Å²) in [6.45, 7) is 0. The molecule has 1 N–H and O–H groups in total. The first kappa shape index (κ1) is 22.1. The van der Waals surface area contributed by atoms with Crippen molar-refractivity contribution in [1.29, 1.82) is 0 Å². The first-order valence-corrected chi connectivity index (χ1v) is 12.4. The molecule has 0 unspecified atom stereocenters. The normalized spacial score (nSPS) is 17.6. The molecule has 0 aliphatic heterocycles. The summed E-state index contributed by atoms with van der Waals surface area (Å²) in [5, 5.41) is 12.0. The molecule has 178 valence electrons. The molecule has 1 saturated carbocycles. The van der Waals surface area contributed by atoms with Crippen LogP contribution < -0.4 is 5.32 Å². The van der Waals surface area contributed by atoms with Crippen LogP contribution in [0.5, 0.6) is 0 Å². The highest BCUT2D eigenvalue weighted by atomic mass is 32.1. The lowest BCUT2D eigenvalue weighted by Gasteiger charge is -2.31. The molecule has 1 fully saturated rings. The highest BCUT2D eigenvalue weighted by molar-refractivity contribution is 7.14. The largest absolute Gasteiger partial charge is 0.347 e. The molecule has 5 aromatic heterocycles. The Balaban J connectivity index is 1.36. The second kappa shape index (κ2) is 9.31. The van der Waals surface area contributed by atoms with Crippen molar-refractivity contribution in [2.45, 2.75) is 37.8 Å². The van der Waals surface area contributed by atoms with E-state index in [1.807, 2.05) is 24.3 Å². The van der Waals surface area contributed by atoms with Crippen molar-refractivity contribution in [3.8, 4) is 29.7 Å². The molecule has 36 heavy (non-hydrogen) atoms. The number of nitrogens with zero attached hydrogens (tertiary/aromatic N) is 8. The van der Waals surface area contributed by atoms with Crippen LogP contribution in [0.15, 0.2) is 55.2 Å². The molecule has 6 rings (SSSR count). The van der Waals surface area contributed by atoms with E-state index in [9.17, 15) is 4.79 Å². The lowest BCUT2D eigenvalue weighted by molar-refractivity contribution is 0.0920. The molecular formula is C25H21N9OS. The number of aromatic nitrogens is 8. The average Bonchev–Trinajstić information content (AvgIpc) is 3.69. The maximum absolute atomic E-state index is 12.8. The minimum absolute atomic E-state index is 0.00226. The SMILES string of the molecule is C#Cc1cnc(C(=O)N[C@H]2CCC[C@@H](n3c(-c4ccccn4)nc4cnc(-n5nccn5)cc43)C2)s1. The third-order valence-electron chi connectivity index (χ3n) is 6.27. The number of imidazole rings is 1. The van der Waals surface area contributed by atoms with Crippen molar-refractivity contribution in [3.63, 3.8) is 0 Å². The molecule has 0 aromatic carbocycles. The topological polar surface area (TPSA) is 116 Å². The Kier molecular flexibility index (Phi) is 5.71. The smallest absolute Gasteiger partial charge is 0.280 e. The van der Waals surface area contributed by atoms with Gasteiger partial charge < -0.3 is 9.88 Å². The Morgan fingerprint density at radius 3 is 2.78 bits per heavy atom. The lowest BCUT2D eigenvalue weighted by atomic mass is 9.90. The van der Waals surface area contributed by atoms with Gasteiger partial charge in [-0.15, -0.1) is 22.6 Å². The van der Waals surface area contributed by atoms with Gasteiger partial charge in [0.15, 0.2) is 16.6 Å². The predicted octanol–water partition coefficient (Wildman–Crippen LogP) is 3.43. The molecule has 1 amide bonds. The van der Waals surface area contributed by atoms with E-state index in [1.165, 1.54) is 16.1 Å². The van der Waals surface area contributed by atoms with Crippen molar-refractivity contribution < 1.29 is 4.79 Å². The second-order valence-electron chi connectivity index (χ2n) is 8.53. The summed E-state index contributed by atoms with van der Waals surface area (Å²) in [5.74, 6) is 3.72. The molecule has 1 aliphatic rings. The predicted molar refractivity (Wildman–Crippen MR) is 134 cm³/mol. The van der Waals surface area contributed by atoms with Crippen LogP contribution in [0.25, 0.3) is 28.4 Å². The summed E-state index contributed by atoms with van der Waals surface area (Å²) in [4.78, 5) is 33.1. The van der Waals surface area contributed by atoms with Gasteiger partial charge in [-0.1, -0.05) is 12.0 Å². The van der Waals surface area contributed by atoms with Gasteiger partial charge in [-0.3, -0.25) is 9.78 Å². The minimum atomic E-state index is -0.191. The fourth-order valence-corrected chi connectivity index (χ4v) is 5.33. The number of fused-ring (bicyclic) bond motifs is 1. The van der Waals surface area contributed by atoms with Crippen LogP contribution in [-0.2, 0) is 0 Å². The van der Waals surface area contributed by atoms with Crippen LogP contribution in [0.4, 0.5) is 0 Å². The van der Waals surface area contributed by atoms with Crippen LogP contribution in [-0.4, -0.2) is 51.4 Å². The summed E-state index contributed by atoms with van der Waals surface area (Å²) < 4.78 is 2.23. The van der Waals surface area contributed by atoms with E-state index in [0.717, 1.165) is 48.2 Å². The second-order valence-corrected chi connectivity index (χ2v) is 9.57. The number of carbonyl (C=O) groups is 1. The monoisotopic (exact) mass is 495 g/mol. The van der Waals surface area contributed by atoms with Gasteiger partial charge in [-0.05, 0) is 37.8 Å². The van der Waals surface area contributed by atoms with E-state index in [0.29, 0.717) is 15.7 Å². The molecule has 0 radical (unpaired) electrons. The molecular weight excluding hydrogens is 474 g/mol. The lowest BCUT2D eigenvalue weighted by Crippen LogP contribution is -2.39. The van der Waals surface area contributed by atoms with E-state index in [1.54, 1.807) is 31.0 Å². The molecule has 11 heteroatoms. The van der Waals surface area contributed by atoms with Gasteiger partial charge in [-0.25, -0.2) is 15.0 Å². The highest BCUT2D eigenvalue weighted by Crippen LogP contribution is 2.36. The van der Waals surface area contributed by atoms with E-state index < -0.39 is 0 Å². The van der Waals surface area contributed by atoms with Crippen LogP contribution in [0.2, 0.25) is 0 Å². The van der Waals surface area contributed by atoms with Crippen LogP contribution in [0.3, 0.4) is 0 Å². The van der Waals surface area contributed by atoms with Gasteiger partial charge >= 0.3 is 0 Å². The van der Waals surface area contributed by atoms with Gasteiger partial charge in [0.2, 0.25) is 0 Å². The number of terminal acetylenes is 1. The van der Waals surface area contributed by atoms with Crippen LogP contribution in [0, 0.1) is 12.3 Å². The third-order valence-corrected chi connectivity index (χ3v) is 7.20. The molecule has 0 bridgehead atoms. The zero-order valence-corrected chi connectivity index (χ0v) is 20.0. The molecule has 0 saturated heterocycles. The Hall–Kier alpha value is -4.43. The number of thiazole rings is 1. The van der Waals surface area contributed by atoms with Crippen molar-refractivity contribution in [3.05, 3.63) is 65.1 Å². The quantitative estimate of drug-likeness (QED) is 0.371. The van der Waals surface area contributed by atoms with Crippen LogP contribution >= 0.6 is 11.3 Å². The first-order chi connectivity index (χ1) is 17.7. The molecule has 5 heterocycles. The third kappa shape index (κ3) is 4.12. The molecule has 5 aromatic rings. The van der Waals surface area contributed by atoms with Gasteiger partial charge in [0.25, 0.3) is 5.91 Å². The van der Waals surface area contributed by atoms with Crippen molar-refractivity contribution in [2.24, 2.45) is 0 Å². The Morgan fingerprint density at radius 2 is 2.00 bits per heavy atom. The number of hydrogen-bond donors (Lipinski definition) is 1. The fourth-order valence-electron chi connectivity index (χ4n) is 4.70. The fraction of sp³-hybridized carbons (Fsp3) is 0.240. The maximum Gasteiger partial charge on any atom is 0.280 e. The number of hydrogen-bond acceptors (Lipinski definition) is 8. The summed E-state index contributed by atoms with van der Waals surface area (Å²) in [5.41, 5.74) is 2.47. The van der Waals surface area contributed by atoms with Crippen LogP contribution in [0.1, 0.15) is 46.4 Å². The van der Waals surface area contributed by atoms with E-state index in [4.69, 9.17) is 11.4 Å². The number of rotatable bonds is 5. The number of nitrogens with one attached hydrogen (secondary N) is 1. The zero-order valence-electron chi connectivity index (χ0n) is 19.2. The summed E-state index contributed by atoms with van der Waals surface area (Å²) in [6.07, 6.45) is 17.3. The van der Waals surface area contributed by atoms with Gasteiger partial charge in [0.1, 0.15) is 11.2 Å². The van der Waals surface area contributed by atoms with E-state index in [2.05, 4.69) is 41.0 Å². The van der Waals surface area contributed by atoms with E-state index in [-0.39, 0.29) is 18.0 Å². The average molecular weight is 496 g/mol. The Labute approximate surface area is 210 Å². The minimum Gasteiger partial charge on any atom is -0.347 e. The first-order valence-electron chi connectivity index (χ1n) is 11.6. The molecule has 2 atom stereocenters. The number of carbonyl (C=O) groups excluding carboxylic acids is 1. The molecule has 1 aliphatic carbocycles. The van der Waals surface area contributed by atoms with Gasteiger partial charge in [0.05, 0.1) is 35.2 Å². The number of amides is 1. The van der Waals surface area contributed by atoms with Crippen molar-refractivity contribution in [2.75, 3.05) is 0 Å². The zero-order chi connectivity index (χ0) is 24.5. The molecule has 0 spiro atoms. The molecule has 10 nitrogen and oxygen atoms in total. The Morgan fingerprint density at radius 1 is 1.11 bits per heavy atom. The van der Waals surface area contributed by atoms with E-state index >= 15 is 0 Å². The Bertz CT molecular complexity index is 1570. The van der Waals surface area contributed by atoms with Gasteiger partial charge in [-0.2, -0.15) is 10.2 Å². The maximum atomic E-state index is 12.8. The highest BCUT2D eigenvalue weighted by Gasteiger charge is 2.29. The van der Waals surface area contributed by atoms with Crippen molar-refractivity contribution >= 4 is 28.3 Å². The van der Waals surface area contributed by atoms with Gasteiger partial charge in [0, 0.05) is 24.3 Å². The summed E-state index contributed by atoms with van der Waals surface area (Å²) in [6, 6.07) is 7.84. The van der Waals surface area contributed by atoms with Crippen molar-refractivity contribution in [1.82, 2.24) is 44.8 Å². The number of pyridine rings is 2. The standard InChI is InChI=1S/C25H21N9OS/c1-2-18-14-28-25(36-18)24(35)31-16-6-5-7-17(12-16)33-21-13-22(34-29-10-11-30-34)27-15-20(21)32-23(33)19-8-3-4-9-26-19/h1,3-4,8-11,13-17H,5-7,12H2,(H,31,35)/t16-,17+/m0/s1.